The van der Waals surface area contributed by atoms with Gasteiger partial charge in [-0.05, 0) is 36.4 Å². The highest BCUT2D eigenvalue weighted by atomic mass is 32.2. The van der Waals surface area contributed by atoms with E-state index in [0.29, 0.717) is 17.3 Å². The molecule has 0 radical (unpaired) electrons. The highest BCUT2D eigenvalue weighted by molar-refractivity contribution is 8.00. The van der Waals surface area contributed by atoms with Crippen LogP contribution in [0.2, 0.25) is 0 Å². The van der Waals surface area contributed by atoms with Gasteiger partial charge >= 0.3 is 5.97 Å². The van der Waals surface area contributed by atoms with Crippen molar-refractivity contribution >= 4 is 28.8 Å². The van der Waals surface area contributed by atoms with Crippen molar-refractivity contribution in [2.45, 2.75) is 17.6 Å². The monoisotopic (exact) mass is 240 g/mol. The highest BCUT2D eigenvalue weighted by Crippen LogP contribution is 2.24. The molecule has 1 atom stereocenters. The Morgan fingerprint density at radius 2 is 2.38 bits per heavy atom. The number of fused-ring (bicyclic) bond motifs is 1. The summed E-state index contributed by atoms with van der Waals surface area (Å²) >= 11 is 0.550. The van der Waals surface area contributed by atoms with Gasteiger partial charge in [0.15, 0.2) is 5.16 Å². The van der Waals surface area contributed by atoms with Gasteiger partial charge < -0.3 is 10.1 Å². The van der Waals surface area contributed by atoms with Crippen LogP contribution < -0.4 is 0 Å². The van der Waals surface area contributed by atoms with Crippen molar-refractivity contribution in [2.75, 3.05) is 0 Å². The van der Waals surface area contributed by atoms with Gasteiger partial charge in [-0.1, -0.05) is 6.07 Å². The van der Waals surface area contributed by atoms with Crippen LogP contribution in [0.5, 0.6) is 0 Å². The van der Waals surface area contributed by atoms with Crippen molar-refractivity contribution in [3.63, 3.8) is 0 Å². The number of H-pyrrole nitrogens is 1. The van der Waals surface area contributed by atoms with Crippen LogP contribution in [0.1, 0.15) is 5.56 Å². The first-order valence-electron chi connectivity index (χ1n) is 4.56. The minimum Gasteiger partial charge on any atom is -0.478 e. The average Bonchev–Trinajstić information content (AvgIpc) is 2.58. The summed E-state index contributed by atoms with van der Waals surface area (Å²) in [5.41, 5.74) is 0.537. The van der Waals surface area contributed by atoms with E-state index in [2.05, 4.69) is 9.97 Å². The minimum absolute atomic E-state index is 0.274. The number of nitrogens with zero attached hydrogens (tertiary/aromatic N) is 1. The van der Waals surface area contributed by atoms with E-state index in [4.69, 9.17) is 5.11 Å². The number of alkyl halides is 1. The maximum absolute atomic E-state index is 12.9. The molecule has 0 bridgehead atoms. The molecule has 1 heterocycles. The maximum atomic E-state index is 12.9. The van der Waals surface area contributed by atoms with Gasteiger partial charge in [0.05, 0.1) is 11.0 Å². The fourth-order valence-corrected chi connectivity index (χ4v) is 1.92. The normalized spacial score (nSPS) is 12.9. The van der Waals surface area contributed by atoms with Crippen LogP contribution in [0, 0.1) is 6.92 Å². The van der Waals surface area contributed by atoms with Gasteiger partial charge in [-0.15, -0.1) is 0 Å². The van der Waals surface area contributed by atoms with Crippen molar-refractivity contribution in [1.29, 1.82) is 0 Å². The van der Waals surface area contributed by atoms with Crippen molar-refractivity contribution in [1.82, 2.24) is 9.97 Å². The molecule has 0 aliphatic carbocycles. The third-order valence-electron chi connectivity index (χ3n) is 2.02. The zero-order chi connectivity index (χ0) is 11.7. The number of thioether (sulfide) groups is 1. The Morgan fingerprint density at radius 3 is 3.06 bits per heavy atom. The van der Waals surface area contributed by atoms with Crippen LogP contribution >= 0.6 is 11.8 Å². The third-order valence-corrected chi connectivity index (χ3v) is 2.85. The topological polar surface area (TPSA) is 66.0 Å². The summed E-state index contributed by atoms with van der Waals surface area (Å²) in [6.07, 6.45) is 0. The number of hydrogen-bond donors (Lipinski definition) is 2. The molecule has 1 aromatic heterocycles. The number of nitrogens with one attached hydrogen (secondary N) is 1. The Bertz CT molecular complexity index is 541. The number of benzene rings is 1. The predicted octanol–water partition coefficient (Wildman–Crippen LogP) is 2.34. The fraction of sp³-hybridized carbons (Fsp3) is 0.200. The summed E-state index contributed by atoms with van der Waals surface area (Å²) in [7, 11) is 0. The Hall–Kier alpha value is -1.56. The molecular formula is C10H9FN2O2S. The van der Waals surface area contributed by atoms with Crippen LogP contribution in [0.4, 0.5) is 4.39 Å². The number of imidazole rings is 1. The van der Waals surface area contributed by atoms with Gasteiger partial charge in [-0.2, -0.15) is 0 Å². The van der Waals surface area contributed by atoms with Crippen LogP contribution in [-0.2, 0) is 4.79 Å². The average molecular weight is 240 g/mol. The number of aromatic nitrogens is 2. The molecule has 0 aliphatic rings. The predicted molar refractivity (Wildman–Crippen MR) is 59.2 cm³/mol. The lowest BCUT2D eigenvalue weighted by atomic mass is 10.2. The molecule has 16 heavy (non-hydrogen) atoms. The van der Waals surface area contributed by atoms with Crippen molar-refractivity contribution < 1.29 is 14.3 Å². The Balaban J connectivity index is 2.29. The first-order chi connectivity index (χ1) is 7.56. The van der Waals surface area contributed by atoms with E-state index >= 15 is 0 Å². The van der Waals surface area contributed by atoms with E-state index in [-0.39, 0.29) is 5.16 Å². The van der Waals surface area contributed by atoms with Gasteiger partial charge in [0.25, 0.3) is 0 Å². The Labute approximate surface area is 94.9 Å². The molecule has 0 amide bonds. The van der Waals surface area contributed by atoms with Gasteiger partial charge in [0.1, 0.15) is 0 Å². The van der Waals surface area contributed by atoms with Gasteiger partial charge in [0.2, 0.25) is 5.50 Å². The fourth-order valence-electron chi connectivity index (χ4n) is 1.30. The molecule has 0 aliphatic heterocycles. The second-order valence-corrected chi connectivity index (χ2v) is 4.37. The molecule has 2 aromatic rings. The number of aliphatic carboxylic acids is 1. The lowest BCUT2D eigenvalue weighted by molar-refractivity contribution is -0.139. The molecule has 0 spiro atoms. The Morgan fingerprint density at radius 1 is 1.62 bits per heavy atom. The molecule has 0 saturated heterocycles. The molecule has 1 unspecified atom stereocenters. The van der Waals surface area contributed by atoms with E-state index in [1.165, 1.54) is 0 Å². The molecule has 2 rings (SSSR count). The number of halogens is 1. The summed E-state index contributed by atoms with van der Waals surface area (Å²) in [6.45, 7) is 1.93. The van der Waals surface area contributed by atoms with Crippen LogP contribution in [0.15, 0.2) is 23.4 Å². The van der Waals surface area contributed by atoms with Crippen molar-refractivity contribution in [3.8, 4) is 0 Å². The number of aryl methyl sites for hydroxylation is 1. The lowest BCUT2D eigenvalue weighted by Crippen LogP contribution is -2.09. The lowest BCUT2D eigenvalue weighted by Gasteiger charge is -1.97. The number of aromatic amines is 1. The number of hydrogen-bond acceptors (Lipinski definition) is 3. The largest absolute Gasteiger partial charge is 0.478 e. The second kappa shape index (κ2) is 4.13. The minimum atomic E-state index is -2.00. The summed E-state index contributed by atoms with van der Waals surface area (Å²) in [5.74, 6) is -1.50. The maximum Gasteiger partial charge on any atom is 0.349 e. The second-order valence-electron chi connectivity index (χ2n) is 3.33. The zero-order valence-corrected chi connectivity index (χ0v) is 9.21. The first kappa shape index (κ1) is 10.9. The van der Waals surface area contributed by atoms with Crippen LogP contribution in [0.3, 0.4) is 0 Å². The first-order valence-corrected chi connectivity index (χ1v) is 5.44. The molecular weight excluding hydrogens is 231 g/mol. The van der Waals surface area contributed by atoms with E-state index in [1.54, 1.807) is 6.07 Å². The van der Waals surface area contributed by atoms with E-state index in [0.717, 1.165) is 11.1 Å². The number of rotatable bonds is 3. The van der Waals surface area contributed by atoms with Crippen molar-refractivity contribution in [3.05, 3.63) is 23.8 Å². The molecule has 2 N–H and O–H groups in total. The van der Waals surface area contributed by atoms with Crippen LogP contribution in [0.25, 0.3) is 11.0 Å². The van der Waals surface area contributed by atoms with Gasteiger partial charge in [-0.3, -0.25) is 0 Å². The summed E-state index contributed by atoms with van der Waals surface area (Å²) in [5, 5.41) is 8.70. The molecule has 4 nitrogen and oxygen atoms in total. The summed E-state index contributed by atoms with van der Waals surface area (Å²) in [6, 6.07) is 5.57. The van der Waals surface area contributed by atoms with Gasteiger partial charge in [0, 0.05) is 0 Å². The summed E-state index contributed by atoms with van der Waals surface area (Å²) in [4.78, 5) is 17.3. The zero-order valence-electron chi connectivity index (χ0n) is 8.40. The van der Waals surface area contributed by atoms with Gasteiger partial charge in [-0.25, -0.2) is 14.2 Å². The summed E-state index contributed by atoms with van der Waals surface area (Å²) < 4.78 is 12.9. The molecule has 1 aromatic carbocycles. The molecule has 84 valence electrons. The number of carboxylic acid groups (broad SMARTS) is 1. The SMILES string of the molecule is Cc1ccc2nc(SC(F)C(=O)O)[nH]c2c1. The number of carboxylic acids is 1. The Kier molecular flexibility index (Phi) is 2.82. The standard InChI is InChI=1S/C10H9FN2O2S/c1-5-2-3-6-7(4-5)13-10(12-6)16-8(11)9(14)15/h2-4,8H,1H3,(H,12,13)(H,14,15). The van der Waals surface area contributed by atoms with Crippen molar-refractivity contribution in [2.24, 2.45) is 0 Å². The van der Waals surface area contributed by atoms with Crippen LogP contribution in [-0.4, -0.2) is 26.5 Å². The number of carbonyl (C=O) groups is 1. The van der Waals surface area contributed by atoms with E-state index < -0.39 is 11.5 Å². The highest BCUT2D eigenvalue weighted by Gasteiger charge is 2.19. The van der Waals surface area contributed by atoms with E-state index in [1.807, 2.05) is 19.1 Å². The molecule has 0 saturated carbocycles. The quantitative estimate of drug-likeness (QED) is 0.808. The smallest absolute Gasteiger partial charge is 0.349 e. The third kappa shape index (κ3) is 2.16. The molecule has 0 fully saturated rings. The molecule has 6 heteroatoms. The van der Waals surface area contributed by atoms with E-state index in [9.17, 15) is 9.18 Å².